The average Bonchev–Trinajstić information content (AvgIpc) is 2.50. The van der Waals surface area contributed by atoms with Crippen LogP contribution >= 0.6 is 0 Å². The van der Waals surface area contributed by atoms with Crippen molar-refractivity contribution in [1.82, 2.24) is 0 Å². The Labute approximate surface area is 129 Å². The number of hydrogen-bond acceptors (Lipinski definition) is 5. The summed E-state index contributed by atoms with van der Waals surface area (Å²) in [7, 11) is 0. The topological polar surface area (TPSA) is 69.7 Å². The quantitative estimate of drug-likeness (QED) is 0.545. The van der Waals surface area contributed by atoms with Gasteiger partial charge < -0.3 is 9.47 Å². The van der Waals surface area contributed by atoms with Crippen LogP contribution in [0.3, 0.4) is 0 Å². The van der Waals surface area contributed by atoms with Gasteiger partial charge in [-0.3, -0.25) is 0 Å². The van der Waals surface area contributed by atoms with Gasteiger partial charge in [-0.15, -0.1) is 0 Å². The van der Waals surface area contributed by atoms with Crippen LogP contribution in [0.2, 0.25) is 0 Å². The lowest BCUT2D eigenvalue weighted by Gasteiger charge is -2.16. The molecule has 0 aromatic heterocycles. The normalized spacial score (nSPS) is 10.9. The molecule has 0 saturated carbocycles. The first-order valence-electron chi connectivity index (χ1n) is 7.13. The molecule has 6 heteroatoms. The number of hydrogen-bond donors (Lipinski definition) is 0. The number of carbonyl (C=O) groups is 1. The molecule has 0 heterocycles. The number of rotatable bonds is 8. The fourth-order valence-corrected chi connectivity index (χ4v) is 1.71. The summed E-state index contributed by atoms with van der Waals surface area (Å²) in [6, 6.07) is 5.74. The first-order valence-corrected chi connectivity index (χ1v) is 7.13. The Bertz CT molecular complexity index is 452. The van der Waals surface area contributed by atoms with Crippen LogP contribution in [0.1, 0.15) is 44.8 Å². The molecule has 0 aliphatic carbocycles. The molecule has 0 spiro atoms. The molecular formula is C16H21FO5. The molecule has 22 heavy (non-hydrogen) atoms. The van der Waals surface area contributed by atoms with E-state index in [2.05, 4.69) is 6.92 Å². The van der Waals surface area contributed by atoms with Crippen molar-refractivity contribution in [2.24, 2.45) is 0 Å². The molecule has 0 fully saturated rings. The molecule has 0 radical (unpaired) electrons. The van der Waals surface area contributed by atoms with E-state index in [-0.39, 0.29) is 12.0 Å². The standard InChI is InChI=1S/C15H21FO3.CO2/c1-3-5-6-11-19-14(15(17)18-4-2)12-7-9-13(16)10-8-12;2-1-3/h7-10,14H,3-6,11H2,1-2H3;. The van der Waals surface area contributed by atoms with E-state index in [1.54, 1.807) is 19.1 Å². The summed E-state index contributed by atoms with van der Waals surface area (Å²) < 4.78 is 23.5. The maximum Gasteiger partial charge on any atom is 0.373 e. The molecule has 1 aromatic carbocycles. The van der Waals surface area contributed by atoms with E-state index in [9.17, 15) is 9.18 Å². The summed E-state index contributed by atoms with van der Waals surface area (Å²) in [5.41, 5.74) is 0.622. The third-order valence-electron chi connectivity index (χ3n) is 2.71. The minimum Gasteiger partial charge on any atom is -0.464 e. The van der Waals surface area contributed by atoms with Crippen LogP contribution in [-0.4, -0.2) is 25.3 Å². The van der Waals surface area contributed by atoms with Gasteiger partial charge in [-0.05, 0) is 31.0 Å². The van der Waals surface area contributed by atoms with Crippen LogP contribution in [-0.2, 0) is 23.9 Å². The predicted molar refractivity (Wildman–Crippen MR) is 76.3 cm³/mol. The lowest BCUT2D eigenvalue weighted by atomic mass is 10.1. The minimum absolute atomic E-state index is 0.250. The van der Waals surface area contributed by atoms with Crippen molar-refractivity contribution >= 4 is 12.1 Å². The second-order valence-electron chi connectivity index (χ2n) is 4.34. The second kappa shape index (κ2) is 12.7. The van der Waals surface area contributed by atoms with Gasteiger partial charge in [-0.2, -0.15) is 9.59 Å². The highest BCUT2D eigenvalue weighted by Crippen LogP contribution is 2.20. The maximum atomic E-state index is 12.9. The van der Waals surface area contributed by atoms with Gasteiger partial charge in [0.15, 0.2) is 6.10 Å². The van der Waals surface area contributed by atoms with Crippen molar-refractivity contribution < 1.29 is 28.2 Å². The fraction of sp³-hybridized carbons (Fsp3) is 0.500. The Morgan fingerprint density at radius 1 is 1.18 bits per heavy atom. The summed E-state index contributed by atoms with van der Waals surface area (Å²) in [5.74, 6) is -0.761. The van der Waals surface area contributed by atoms with Crippen molar-refractivity contribution in [2.45, 2.75) is 39.2 Å². The SMILES string of the molecule is CCCCCOC(C(=O)OCC)c1ccc(F)cc1.O=C=O. The third kappa shape index (κ3) is 8.29. The summed E-state index contributed by atoms with van der Waals surface area (Å²) >= 11 is 0. The highest BCUT2D eigenvalue weighted by Gasteiger charge is 2.22. The maximum absolute atomic E-state index is 12.9. The fourth-order valence-electron chi connectivity index (χ4n) is 1.71. The van der Waals surface area contributed by atoms with Gasteiger partial charge in [0.2, 0.25) is 0 Å². The first kappa shape index (κ1) is 20.0. The van der Waals surface area contributed by atoms with Gasteiger partial charge in [0.25, 0.3) is 0 Å². The number of halogens is 1. The first-order chi connectivity index (χ1) is 10.6. The number of unbranched alkanes of at least 4 members (excludes halogenated alkanes) is 2. The van der Waals surface area contributed by atoms with E-state index >= 15 is 0 Å². The second-order valence-corrected chi connectivity index (χ2v) is 4.34. The van der Waals surface area contributed by atoms with E-state index in [1.807, 2.05) is 0 Å². The van der Waals surface area contributed by atoms with Crippen LogP contribution in [0.4, 0.5) is 4.39 Å². The Kier molecular flexibility index (Phi) is 11.5. The molecular weight excluding hydrogens is 291 g/mol. The zero-order valence-corrected chi connectivity index (χ0v) is 12.8. The number of esters is 1. The zero-order chi connectivity index (χ0) is 16.8. The van der Waals surface area contributed by atoms with E-state index in [4.69, 9.17) is 19.1 Å². The van der Waals surface area contributed by atoms with Crippen LogP contribution in [0.15, 0.2) is 24.3 Å². The van der Waals surface area contributed by atoms with Gasteiger partial charge in [-0.25, -0.2) is 9.18 Å². The molecule has 0 bridgehead atoms. The minimum atomic E-state index is -0.766. The largest absolute Gasteiger partial charge is 0.464 e. The molecule has 0 amide bonds. The molecule has 122 valence electrons. The average molecular weight is 312 g/mol. The van der Waals surface area contributed by atoms with Gasteiger partial charge in [0, 0.05) is 6.61 Å². The van der Waals surface area contributed by atoms with Crippen LogP contribution < -0.4 is 0 Å². The van der Waals surface area contributed by atoms with E-state index in [0.717, 1.165) is 19.3 Å². The van der Waals surface area contributed by atoms with Crippen LogP contribution in [0.5, 0.6) is 0 Å². The van der Waals surface area contributed by atoms with Crippen LogP contribution in [0, 0.1) is 5.82 Å². The molecule has 1 rings (SSSR count). The molecule has 0 aliphatic heterocycles. The Hall–Kier alpha value is -2.04. The van der Waals surface area contributed by atoms with Crippen LogP contribution in [0.25, 0.3) is 0 Å². The molecule has 0 N–H and O–H groups in total. The summed E-state index contributed by atoms with van der Waals surface area (Å²) in [5, 5.41) is 0. The van der Waals surface area contributed by atoms with Crippen molar-refractivity contribution in [1.29, 1.82) is 0 Å². The zero-order valence-electron chi connectivity index (χ0n) is 12.8. The van der Waals surface area contributed by atoms with E-state index in [1.165, 1.54) is 12.1 Å². The Morgan fingerprint density at radius 3 is 2.27 bits per heavy atom. The molecule has 1 aromatic rings. The monoisotopic (exact) mass is 312 g/mol. The Balaban J connectivity index is 0.00000135. The summed E-state index contributed by atoms with van der Waals surface area (Å²) in [4.78, 5) is 28.1. The van der Waals surface area contributed by atoms with Gasteiger partial charge >= 0.3 is 12.1 Å². The van der Waals surface area contributed by atoms with Gasteiger partial charge in [0.05, 0.1) is 6.61 Å². The van der Waals surface area contributed by atoms with Gasteiger partial charge in [-0.1, -0.05) is 31.9 Å². The van der Waals surface area contributed by atoms with E-state index in [0.29, 0.717) is 18.8 Å². The summed E-state index contributed by atoms with van der Waals surface area (Å²) in [6.07, 6.45) is 2.52. The molecule has 5 nitrogen and oxygen atoms in total. The number of ether oxygens (including phenoxy) is 2. The molecule has 0 saturated heterocycles. The Morgan fingerprint density at radius 2 is 1.77 bits per heavy atom. The van der Waals surface area contributed by atoms with Crippen molar-refractivity contribution in [2.75, 3.05) is 13.2 Å². The van der Waals surface area contributed by atoms with Crippen molar-refractivity contribution in [3.05, 3.63) is 35.6 Å². The third-order valence-corrected chi connectivity index (χ3v) is 2.71. The number of carbonyl (C=O) groups excluding carboxylic acids is 3. The predicted octanol–water partition coefficient (Wildman–Crippen LogP) is 3.05. The highest BCUT2D eigenvalue weighted by atomic mass is 19.1. The lowest BCUT2D eigenvalue weighted by Crippen LogP contribution is -2.19. The van der Waals surface area contributed by atoms with Crippen molar-refractivity contribution in [3.8, 4) is 0 Å². The van der Waals surface area contributed by atoms with Crippen molar-refractivity contribution in [3.63, 3.8) is 0 Å². The highest BCUT2D eigenvalue weighted by molar-refractivity contribution is 5.76. The van der Waals surface area contributed by atoms with Gasteiger partial charge in [0.1, 0.15) is 5.82 Å². The lowest BCUT2D eigenvalue weighted by molar-refractivity contribution is -0.191. The summed E-state index contributed by atoms with van der Waals surface area (Å²) in [6.45, 7) is 4.64. The van der Waals surface area contributed by atoms with E-state index < -0.39 is 12.1 Å². The smallest absolute Gasteiger partial charge is 0.373 e. The number of benzene rings is 1. The molecule has 0 aliphatic rings. The molecule has 1 unspecified atom stereocenters. The molecule has 1 atom stereocenters.